The molecule has 20 heavy (non-hydrogen) atoms. The maximum Gasteiger partial charge on any atom is 0.146 e. The van der Waals surface area contributed by atoms with Crippen LogP contribution in [0.25, 0.3) is 0 Å². The van der Waals surface area contributed by atoms with Crippen molar-refractivity contribution < 1.29 is 9.13 Å². The van der Waals surface area contributed by atoms with E-state index in [0.717, 1.165) is 16.9 Å². The molecule has 0 aromatic heterocycles. The van der Waals surface area contributed by atoms with Gasteiger partial charge in [0.15, 0.2) is 0 Å². The average molecular weight is 272 g/mol. The molecule has 104 valence electrons. The highest BCUT2D eigenvalue weighted by atomic mass is 19.1. The first-order valence-electron chi connectivity index (χ1n) is 6.72. The molecule has 0 radical (unpaired) electrons. The Labute approximate surface area is 117 Å². The number of hydrogen-bond donors (Lipinski definition) is 1. The summed E-state index contributed by atoms with van der Waals surface area (Å²) in [6, 6.07) is 12.9. The molecule has 1 aliphatic heterocycles. The predicted octanol–water partition coefficient (Wildman–Crippen LogP) is 2.68. The zero-order valence-corrected chi connectivity index (χ0v) is 11.2. The average Bonchev–Trinajstić information content (AvgIpc) is 2.68. The molecule has 2 aromatic rings. The lowest BCUT2D eigenvalue weighted by Gasteiger charge is -2.25. The van der Waals surface area contributed by atoms with Crippen molar-refractivity contribution in [1.29, 1.82) is 0 Å². The second-order valence-electron chi connectivity index (χ2n) is 4.83. The van der Waals surface area contributed by atoms with Gasteiger partial charge in [0.1, 0.15) is 18.2 Å². The second kappa shape index (κ2) is 5.51. The van der Waals surface area contributed by atoms with Gasteiger partial charge in [-0.2, -0.15) is 0 Å². The fourth-order valence-corrected chi connectivity index (χ4v) is 2.60. The van der Waals surface area contributed by atoms with Crippen molar-refractivity contribution in [2.75, 3.05) is 18.1 Å². The molecule has 0 atom stereocenters. The molecule has 0 fully saturated rings. The molecule has 3 nitrogen and oxygen atoms in total. The Morgan fingerprint density at radius 3 is 2.85 bits per heavy atom. The van der Waals surface area contributed by atoms with E-state index in [1.165, 1.54) is 6.07 Å². The lowest BCUT2D eigenvalue weighted by Crippen LogP contribution is -2.27. The Hall–Kier alpha value is -2.07. The molecule has 3 rings (SSSR count). The molecule has 0 saturated carbocycles. The van der Waals surface area contributed by atoms with Crippen molar-refractivity contribution in [3.8, 4) is 5.75 Å². The Balaban J connectivity index is 2.00. The number of fused-ring (bicyclic) bond motifs is 1. The standard InChI is InChI=1S/C16H17FN2O/c17-14-6-3-5-12(10-18)16(14)19-8-9-20-15-7-2-1-4-13(15)11-19/h1-7H,8-11,18H2. The Morgan fingerprint density at radius 2 is 2.00 bits per heavy atom. The molecule has 0 bridgehead atoms. The van der Waals surface area contributed by atoms with E-state index in [1.54, 1.807) is 6.07 Å². The molecule has 0 unspecified atom stereocenters. The molecule has 0 spiro atoms. The van der Waals surface area contributed by atoms with Gasteiger partial charge in [0.25, 0.3) is 0 Å². The summed E-state index contributed by atoms with van der Waals surface area (Å²) < 4.78 is 19.9. The van der Waals surface area contributed by atoms with E-state index >= 15 is 0 Å². The molecule has 2 aromatic carbocycles. The highest BCUT2D eigenvalue weighted by Gasteiger charge is 2.20. The van der Waals surface area contributed by atoms with Gasteiger partial charge in [0.2, 0.25) is 0 Å². The van der Waals surface area contributed by atoms with Gasteiger partial charge in [0, 0.05) is 18.7 Å². The summed E-state index contributed by atoms with van der Waals surface area (Å²) in [4.78, 5) is 2.00. The third kappa shape index (κ3) is 2.34. The zero-order chi connectivity index (χ0) is 13.9. The SMILES string of the molecule is NCc1cccc(F)c1N1CCOc2ccccc2C1. The summed E-state index contributed by atoms with van der Waals surface area (Å²) in [5.41, 5.74) is 8.22. The number of nitrogens with zero attached hydrogens (tertiary/aromatic N) is 1. The first kappa shape index (κ1) is 12.9. The third-order valence-electron chi connectivity index (χ3n) is 3.56. The highest BCUT2D eigenvalue weighted by molar-refractivity contribution is 5.56. The number of nitrogens with two attached hydrogens (primary N) is 1. The van der Waals surface area contributed by atoms with E-state index < -0.39 is 0 Å². The minimum absolute atomic E-state index is 0.229. The number of ether oxygens (including phenoxy) is 1. The topological polar surface area (TPSA) is 38.5 Å². The smallest absolute Gasteiger partial charge is 0.146 e. The van der Waals surface area contributed by atoms with Crippen LogP contribution in [-0.2, 0) is 13.1 Å². The van der Waals surface area contributed by atoms with Gasteiger partial charge in [-0.15, -0.1) is 0 Å². The van der Waals surface area contributed by atoms with Gasteiger partial charge >= 0.3 is 0 Å². The largest absolute Gasteiger partial charge is 0.491 e. The third-order valence-corrected chi connectivity index (χ3v) is 3.56. The van der Waals surface area contributed by atoms with Crippen LogP contribution in [-0.4, -0.2) is 13.2 Å². The van der Waals surface area contributed by atoms with Crippen molar-refractivity contribution in [3.05, 3.63) is 59.4 Å². The van der Waals surface area contributed by atoms with Crippen molar-refractivity contribution in [1.82, 2.24) is 0 Å². The van der Waals surface area contributed by atoms with Crippen LogP contribution in [0, 0.1) is 5.82 Å². The van der Waals surface area contributed by atoms with Crippen molar-refractivity contribution in [2.45, 2.75) is 13.1 Å². The Morgan fingerprint density at radius 1 is 1.15 bits per heavy atom. The second-order valence-corrected chi connectivity index (χ2v) is 4.83. The van der Waals surface area contributed by atoms with Crippen LogP contribution in [0.5, 0.6) is 5.75 Å². The van der Waals surface area contributed by atoms with E-state index in [4.69, 9.17) is 10.5 Å². The lowest BCUT2D eigenvalue weighted by atomic mass is 10.1. The van der Waals surface area contributed by atoms with Crippen LogP contribution in [0.2, 0.25) is 0 Å². The van der Waals surface area contributed by atoms with Crippen molar-refractivity contribution >= 4 is 5.69 Å². The van der Waals surface area contributed by atoms with E-state index in [9.17, 15) is 4.39 Å². The monoisotopic (exact) mass is 272 g/mol. The summed E-state index contributed by atoms with van der Waals surface area (Å²) >= 11 is 0. The van der Waals surface area contributed by atoms with Crippen LogP contribution >= 0.6 is 0 Å². The minimum Gasteiger partial charge on any atom is -0.491 e. The quantitative estimate of drug-likeness (QED) is 0.913. The maximum absolute atomic E-state index is 14.2. The normalized spacial score (nSPS) is 14.4. The first-order chi connectivity index (χ1) is 9.79. The molecular formula is C16H17FN2O. The van der Waals surface area contributed by atoms with Crippen molar-refractivity contribution in [2.24, 2.45) is 5.73 Å². The van der Waals surface area contributed by atoms with Crippen LogP contribution in [0.4, 0.5) is 10.1 Å². The number of rotatable bonds is 2. The van der Waals surface area contributed by atoms with Gasteiger partial charge < -0.3 is 15.4 Å². The molecular weight excluding hydrogens is 255 g/mol. The number of halogens is 1. The predicted molar refractivity (Wildman–Crippen MR) is 77.3 cm³/mol. The molecule has 0 aliphatic carbocycles. The number of benzene rings is 2. The van der Waals surface area contributed by atoms with Gasteiger partial charge in [-0.1, -0.05) is 30.3 Å². The van der Waals surface area contributed by atoms with E-state index in [1.807, 2.05) is 35.2 Å². The highest BCUT2D eigenvalue weighted by Crippen LogP contribution is 2.30. The van der Waals surface area contributed by atoms with Gasteiger partial charge in [-0.05, 0) is 17.7 Å². The zero-order valence-electron chi connectivity index (χ0n) is 11.2. The summed E-state index contributed by atoms with van der Waals surface area (Å²) in [5, 5.41) is 0. The molecule has 1 heterocycles. The summed E-state index contributed by atoms with van der Waals surface area (Å²) in [5.74, 6) is 0.646. The molecule has 0 amide bonds. The van der Waals surface area contributed by atoms with Crippen LogP contribution < -0.4 is 15.4 Å². The van der Waals surface area contributed by atoms with Crippen LogP contribution in [0.15, 0.2) is 42.5 Å². The minimum atomic E-state index is -0.229. The lowest BCUT2D eigenvalue weighted by molar-refractivity contribution is 0.331. The van der Waals surface area contributed by atoms with Gasteiger partial charge in [-0.25, -0.2) is 4.39 Å². The fourth-order valence-electron chi connectivity index (χ4n) is 2.60. The van der Waals surface area contributed by atoms with Gasteiger partial charge in [-0.3, -0.25) is 0 Å². The fraction of sp³-hybridized carbons (Fsp3) is 0.250. The number of anilines is 1. The summed E-state index contributed by atoms with van der Waals surface area (Å²) in [7, 11) is 0. The van der Waals surface area contributed by atoms with Gasteiger partial charge in [0.05, 0.1) is 12.2 Å². The Bertz CT molecular complexity index is 615. The number of hydrogen-bond acceptors (Lipinski definition) is 3. The molecule has 4 heteroatoms. The van der Waals surface area contributed by atoms with Crippen LogP contribution in [0.1, 0.15) is 11.1 Å². The number of para-hydroxylation sites is 2. The van der Waals surface area contributed by atoms with Crippen molar-refractivity contribution in [3.63, 3.8) is 0 Å². The molecule has 0 saturated heterocycles. The van der Waals surface area contributed by atoms with E-state index in [-0.39, 0.29) is 5.82 Å². The van der Waals surface area contributed by atoms with Crippen LogP contribution in [0.3, 0.4) is 0 Å². The Kier molecular flexibility index (Phi) is 3.56. The van der Waals surface area contributed by atoms with E-state index in [2.05, 4.69) is 0 Å². The molecule has 1 aliphatic rings. The summed E-state index contributed by atoms with van der Waals surface area (Å²) in [6.45, 7) is 2.13. The van der Waals surface area contributed by atoms with E-state index in [0.29, 0.717) is 31.9 Å². The summed E-state index contributed by atoms with van der Waals surface area (Å²) in [6.07, 6.45) is 0. The first-order valence-corrected chi connectivity index (χ1v) is 6.72. The maximum atomic E-state index is 14.2. The molecule has 2 N–H and O–H groups in total.